The van der Waals surface area contributed by atoms with Crippen LogP contribution in [0, 0.1) is 5.82 Å². The van der Waals surface area contributed by atoms with Gasteiger partial charge in [0.2, 0.25) is 0 Å². The summed E-state index contributed by atoms with van der Waals surface area (Å²) >= 11 is 6.01. The van der Waals surface area contributed by atoms with Gasteiger partial charge in [-0.15, -0.1) is 0 Å². The van der Waals surface area contributed by atoms with E-state index in [9.17, 15) is 9.18 Å². The zero-order chi connectivity index (χ0) is 14.5. The number of anilines is 1. The standard InChI is InChI=1S/C16H15ClFNO/c1-2-19(15-10-6-5-9-14(15)18)11-16(20)12-7-3-4-8-13(12)17/h3-10H,2,11H2,1H3. The van der Waals surface area contributed by atoms with Gasteiger partial charge in [-0.2, -0.15) is 0 Å². The summed E-state index contributed by atoms with van der Waals surface area (Å²) in [7, 11) is 0. The highest BCUT2D eigenvalue weighted by molar-refractivity contribution is 6.34. The highest BCUT2D eigenvalue weighted by atomic mass is 35.5. The summed E-state index contributed by atoms with van der Waals surface area (Å²) in [5.74, 6) is -0.456. The summed E-state index contributed by atoms with van der Waals surface area (Å²) in [4.78, 5) is 14.0. The molecule has 0 N–H and O–H groups in total. The molecule has 104 valence electrons. The van der Waals surface area contributed by atoms with Crippen molar-refractivity contribution in [2.24, 2.45) is 0 Å². The van der Waals surface area contributed by atoms with Crippen molar-refractivity contribution < 1.29 is 9.18 Å². The van der Waals surface area contributed by atoms with E-state index in [0.29, 0.717) is 22.8 Å². The van der Waals surface area contributed by atoms with Crippen LogP contribution in [0.1, 0.15) is 17.3 Å². The first kappa shape index (κ1) is 14.5. The SMILES string of the molecule is CCN(CC(=O)c1ccccc1Cl)c1ccccc1F. The molecule has 0 saturated carbocycles. The van der Waals surface area contributed by atoms with E-state index in [1.54, 1.807) is 47.4 Å². The Morgan fingerprint density at radius 3 is 2.45 bits per heavy atom. The smallest absolute Gasteiger partial charge is 0.183 e. The third-order valence-corrected chi connectivity index (χ3v) is 3.41. The first-order valence-corrected chi connectivity index (χ1v) is 6.78. The van der Waals surface area contributed by atoms with Crippen molar-refractivity contribution in [2.45, 2.75) is 6.92 Å². The normalized spacial score (nSPS) is 10.3. The molecule has 2 rings (SSSR count). The molecule has 0 aliphatic rings. The second-order valence-corrected chi connectivity index (χ2v) is 4.78. The van der Waals surface area contributed by atoms with E-state index in [-0.39, 0.29) is 18.1 Å². The molecule has 2 aromatic carbocycles. The lowest BCUT2D eigenvalue weighted by atomic mass is 10.1. The van der Waals surface area contributed by atoms with Gasteiger partial charge in [0.05, 0.1) is 17.3 Å². The average Bonchev–Trinajstić information content (AvgIpc) is 2.46. The van der Waals surface area contributed by atoms with Gasteiger partial charge in [-0.3, -0.25) is 4.79 Å². The number of carbonyl (C=O) groups excluding carboxylic acids is 1. The molecule has 0 fully saturated rings. The van der Waals surface area contributed by atoms with Gasteiger partial charge in [0.25, 0.3) is 0 Å². The van der Waals surface area contributed by atoms with Gasteiger partial charge in [-0.1, -0.05) is 35.9 Å². The minimum absolute atomic E-state index is 0.0984. The minimum atomic E-state index is -0.332. The highest BCUT2D eigenvalue weighted by Crippen LogP contribution is 2.21. The molecule has 0 aliphatic carbocycles. The van der Waals surface area contributed by atoms with Gasteiger partial charge in [0, 0.05) is 12.1 Å². The van der Waals surface area contributed by atoms with E-state index in [1.165, 1.54) is 6.07 Å². The number of hydrogen-bond acceptors (Lipinski definition) is 2. The Kier molecular flexibility index (Phi) is 4.74. The number of hydrogen-bond donors (Lipinski definition) is 0. The molecule has 0 atom stereocenters. The Labute approximate surface area is 122 Å². The van der Waals surface area contributed by atoms with Crippen LogP contribution in [0.3, 0.4) is 0 Å². The third-order valence-electron chi connectivity index (χ3n) is 3.08. The van der Waals surface area contributed by atoms with E-state index in [2.05, 4.69) is 0 Å². The molecule has 0 amide bonds. The highest BCUT2D eigenvalue weighted by Gasteiger charge is 2.16. The first-order valence-electron chi connectivity index (χ1n) is 6.40. The maximum Gasteiger partial charge on any atom is 0.183 e. The number of carbonyl (C=O) groups is 1. The van der Waals surface area contributed by atoms with Crippen LogP contribution in [0.15, 0.2) is 48.5 Å². The van der Waals surface area contributed by atoms with E-state index in [4.69, 9.17) is 11.6 Å². The Balaban J connectivity index is 2.21. The summed E-state index contributed by atoms with van der Waals surface area (Å²) in [6, 6.07) is 13.3. The number of Topliss-reactive ketones (excluding diaryl/α,β-unsaturated/α-hetero) is 1. The summed E-state index contributed by atoms with van der Waals surface area (Å²) in [6.45, 7) is 2.52. The second kappa shape index (κ2) is 6.53. The third kappa shape index (κ3) is 3.17. The fourth-order valence-corrected chi connectivity index (χ4v) is 2.26. The lowest BCUT2D eigenvalue weighted by Crippen LogP contribution is -2.30. The average molecular weight is 292 g/mol. The first-order chi connectivity index (χ1) is 9.63. The fraction of sp³-hybridized carbons (Fsp3) is 0.188. The lowest BCUT2D eigenvalue weighted by molar-refractivity contribution is 0.0999. The van der Waals surface area contributed by atoms with Crippen molar-refractivity contribution >= 4 is 23.1 Å². The summed E-state index contributed by atoms with van der Waals surface area (Å²) in [6.07, 6.45) is 0. The van der Waals surface area contributed by atoms with Crippen LogP contribution in [0.5, 0.6) is 0 Å². The maximum atomic E-state index is 13.8. The Morgan fingerprint density at radius 2 is 1.80 bits per heavy atom. The van der Waals surface area contributed by atoms with Crippen molar-refractivity contribution in [3.8, 4) is 0 Å². The molecule has 0 saturated heterocycles. The van der Waals surface area contributed by atoms with Crippen LogP contribution in [-0.4, -0.2) is 18.9 Å². The molecule has 0 bridgehead atoms. The minimum Gasteiger partial charge on any atom is -0.362 e. The molecule has 0 aliphatic heterocycles. The monoisotopic (exact) mass is 291 g/mol. The molecular weight excluding hydrogens is 277 g/mol. The van der Waals surface area contributed by atoms with Crippen LogP contribution >= 0.6 is 11.6 Å². The zero-order valence-electron chi connectivity index (χ0n) is 11.1. The quantitative estimate of drug-likeness (QED) is 0.770. The number of likely N-dealkylation sites (N-methyl/N-ethyl adjacent to an activating group) is 1. The number of halogens is 2. The lowest BCUT2D eigenvalue weighted by Gasteiger charge is -2.22. The molecule has 0 aromatic heterocycles. The molecule has 2 aromatic rings. The van der Waals surface area contributed by atoms with E-state index in [1.807, 2.05) is 6.92 Å². The van der Waals surface area contributed by atoms with Crippen LogP contribution in [0.2, 0.25) is 5.02 Å². The topological polar surface area (TPSA) is 20.3 Å². The second-order valence-electron chi connectivity index (χ2n) is 4.37. The fourth-order valence-electron chi connectivity index (χ4n) is 2.02. The molecule has 0 spiro atoms. The number of nitrogens with zero attached hydrogens (tertiary/aromatic N) is 1. The van der Waals surface area contributed by atoms with Crippen molar-refractivity contribution in [1.82, 2.24) is 0 Å². The van der Waals surface area contributed by atoms with Crippen molar-refractivity contribution in [3.05, 3.63) is 64.9 Å². The number of rotatable bonds is 5. The van der Waals surface area contributed by atoms with Crippen molar-refractivity contribution in [1.29, 1.82) is 0 Å². The Bertz CT molecular complexity index is 615. The predicted molar refractivity (Wildman–Crippen MR) is 80.1 cm³/mol. The zero-order valence-corrected chi connectivity index (χ0v) is 11.9. The molecule has 2 nitrogen and oxygen atoms in total. The molecule has 0 radical (unpaired) electrons. The predicted octanol–water partition coefficient (Wildman–Crippen LogP) is 4.19. The summed E-state index contributed by atoms with van der Waals surface area (Å²) in [5, 5.41) is 0.419. The molecular formula is C16H15ClFNO. The Morgan fingerprint density at radius 1 is 1.15 bits per heavy atom. The van der Waals surface area contributed by atoms with Crippen LogP contribution in [0.4, 0.5) is 10.1 Å². The van der Waals surface area contributed by atoms with Gasteiger partial charge in [0.1, 0.15) is 5.82 Å². The van der Waals surface area contributed by atoms with Crippen molar-refractivity contribution in [3.63, 3.8) is 0 Å². The number of benzene rings is 2. The summed E-state index contributed by atoms with van der Waals surface area (Å²) in [5.41, 5.74) is 0.888. The van der Waals surface area contributed by atoms with Gasteiger partial charge >= 0.3 is 0 Å². The molecule has 0 heterocycles. The molecule has 4 heteroatoms. The van der Waals surface area contributed by atoms with Crippen LogP contribution in [-0.2, 0) is 0 Å². The van der Waals surface area contributed by atoms with Crippen LogP contribution in [0.25, 0.3) is 0 Å². The van der Waals surface area contributed by atoms with Gasteiger partial charge in [0.15, 0.2) is 5.78 Å². The number of ketones is 1. The maximum absolute atomic E-state index is 13.8. The largest absolute Gasteiger partial charge is 0.362 e. The van der Waals surface area contributed by atoms with Crippen LogP contribution < -0.4 is 4.90 Å². The molecule has 20 heavy (non-hydrogen) atoms. The van der Waals surface area contributed by atoms with Crippen molar-refractivity contribution in [2.75, 3.05) is 18.0 Å². The van der Waals surface area contributed by atoms with Gasteiger partial charge in [-0.25, -0.2) is 4.39 Å². The van der Waals surface area contributed by atoms with E-state index >= 15 is 0 Å². The van der Waals surface area contributed by atoms with E-state index in [0.717, 1.165) is 0 Å². The van der Waals surface area contributed by atoms with Gasteiger partial charge < -0.3 is 4.90 Å². The van der Waals surface area contributed by atoms with Gasteiger partial charge in [-0.05, 0) is 31.2 Å². The molecule has 0 unspecified atom stereocenters. The summed E-state index contributed by atoms with van der Waals surface area (Å²) < 4.78 is 13.8. The van der Waals surface area contributed by atoms with E-state index < -0.39 is 0 Å². The Hall–Kier alpha value is -1.87. The number of para-hydroxylation sites is 1.